The standard InChI is InChI=1S/C16H24N2O2/c17-15-5-3-1-2-4-14(15)16(20)18-13-8-6-12(7-9-13)10-11-19/h6-9,14-15,19H,1-5,10-11,17H2,(H,18,20). The molecule has 110 valence electrons. The summed E-state index contributed by atoms with van der Waals surface area (Å²) in [4.78, 5) is 12.3. The molecular weight excluding hydrogens is 252 g/mol. The monoisotopic (exact) mass is 276 g/mol. The lowest BCUT2D eigenvalue weighted by Crippen LogP contribution is -2.37. The molecule has 1 aliphatic rings. The van der Waals surface area contributed by atoms with Gasteiger partial charge in [0.15, 0.2) is 0 Å². The van der Waals surface area contributed by atoms with Crippen LogP contribution in [0.5, 0.6) is 0 Å². The lowest BCUT2D eigenvalue weighted by Gasteiger charge is -2.20. The van der Waals surface area contributed by atoms with Crippen molar-refractivity contribution in [3.05, 3.63) is 29.8 Å². The highest BCUT2D eigenvalue weighted by atomic mass is 16.2. The lowest BCUT2D eigenvalue weighted by molar-refractivity contribution is -0.120. The van der Waals surface area contributed by atoms with Gasteiger partial charge in [-0.3, -0.25) is 4.79 Å². The number of aliphatic hydroxyl groups excluding tert-OH is 1. The number of hydrogen-bond acceptors (Lipinski definition) is 3. The predicted octanol–water partition coefficient (Wildman–Crippen LogP) is 2.07. The zero-order valence-electron chi connectivity index (χ0n) is 11.8. The van der Waals surface area contributed by atoms with Crippen LogP contribution in [0.4, 0.5) is 5.69 Å². The minimum atomic E-state index is -0.0744. The Morgan fingerprint density at radius 2 is 1.90 bits per heavy atom. The van der Waals surface area contributed by atoms with Gasteiger partial charge in [0.1, 0.15) is 0 Å². The van der Waals surface area contributed by atoms with E-state index >= 15 is 0 Å². The number of carbonyl (C=O) groups excluding carboxylic acids is 1. The second-order valence-electron chi connectivity index (χ2n) is 5.57. The van der Waals surface area contributed by atoms with Crippen molar-refractivity contribution in [2.75, 3.05) is 11.9 Å². The molecule has 1 aromatic rings. The Morgan fingerprint density at radius 1 is 1.20 bits per heavy atom. The Balaban J connectivity index is 1.95. The maximum absolute atomic E-state index is 12.3. The second-order valence-corrected chi connectivity index (χ2v) is 5.57. The molecule has 4 heteroatoms. The topological polar surface area (TPSA) is 75.4 Å². The van der Waals surface area contributed by atoms with Gasteiger partial charge in [-0.2, -0.15) is 0 Å². The molecule has 0 radical (unpaired) electrons. The van der Waals surface area contributed by atoms with Gasteiger partial charge in [0.25, 0.3) is 0 Å². The minimum absolute atomic E-state index is 0.0221. The summed E-state index contributed by atoms with van der Waals surface area (Å²) in [6.07, 6.45) is 5.85. The van der Waals surface area contributed by atoms with Crippen LogP contribution < -0.4 is 11.1 Å². The van der Waals surface area contributed by atoms with Crippen LogP contribution in [-0.4, -0.2) is 23.7 Å². The van der Waals surface area contributed by atoms with Gasteiger partial charge < -0.3 is 16.2 Å². The molecule has 1 fully saturated rings. The molecule has 2 atom stereocenters. The van der Waals surface area contributed by atoms with Crippen LogP contribution in [0.2, 0.25) is 0 Å². The van der Waals surface area contributed by atoms with Gasteiger partial charge in [0.2, 0.25) is 5.91 Å². The molecule has 1 amide bonds. The first-order chi connectivity index (χ1) is 9.70. The van der Waals surface area contributed by atoms with E-state index in [-0.39, 0.29) is 24.5 Å². The first-order valence-corrected chi connectivity index (χ1v) is 7.47. The Morgan fingerprint density at radius 3 is 2.60 bits per heavy atom. The summed E-state index contributed by atoms with van der Waals surface area (Å²) in [5, 5.41) is 11.8. The molecule has 0 aromatic heterocycles. The summed E-state index contributed by atoms with van der Waals surface area (Å²) in [5.41, 5.74) is 7.97. The molecule has 1 aromatic carbocycles. The van der Waals surface area contributed by atoms with E-state index < -0.39 is 0 Å². The van der Waals surface area contributed by atoms with Gasteiger partial charge in [-0.25, -0.2) is 0 Å². The van der Waals surface area contributed by atoms with Crippen molar-refractivity contribution in [1.82, 2.24) is 0 Å². The summed E-state index contributed by atoms with van der Waals surface area (Å²) in [7, 11) is 0. The van der Waals surface area contributed by atoms with Crippen LogP contribution in [0.3, 0.4) is 0 Å². The van der Waals surface area contributed by atoms with E-state index in [1.54, 1.807) is 0 Å². The number of carbonyl (C=O) groups is 1. The van der Waals surface area contributed by atoms with Crippen molar-refractivity contribution in [3.63, 3.8) is 0 Å². The summed E-state index contributed by atoms with van der Waals surface area (Å²) in [6.45, 7) is 0.142. The molecule has 4 nitrogen and oxygen atoms in total. The Kier molecular flexibility index (Phi) is 5.56. The zero-order chi connectivity index (χ0) is 14.4. The number of hydrogen-bond donors (Lipinski definition) is 3. The third kappa shape index (κ3) is 4.05. The van der Waals surface area contributed by atoms with Crippen LogP contribution in [-0.2, 0) is 11.2 Å². The quantitative estimate of drug-likeness (QED) is 0.737. The molecule has 0 saturated heterocycles. The maximum atomic E-state index is 12.3. The Bertz CT molecular complexity index is 431. The minimum Gasteiger partial charge on any atom is -0.396 e. The fourth-order valence-corrected chi connectivity index (χ4v) is 2.78. The molecule has 1 saturated carbocycles. The maximum Gasteiger partial charge on any atom is 0.229 e. The lowest BCUT2D eigenvalue weighted by atomic mass is 9.94. The van der Waals surface area contributed by atoms with E-state index in [0.29, 0.717) is 6.42 Å². The third-order valence-corrected chi connectivity index (χ3v) is 4.03. The van der Waals surface area contributed by atoms with Crippen molar-refractivity contribution in [3.8, 4) is 0 Å². The largest absolute Gasteiger partial charge is 0.396 e. The highest BCUT2D eigenvalue weighted by Crippen LogP contribution is 2.23. The fourth-order valence-electron chi connectivity index (χ4n) is 2.78. The number of benzene rings is 1. The first kappa shape index (κ1) is 15.0. The number of amides is 1. The normalized spacial score (nSPS) is 23.1. The smallest absolute Gasteiger partial charge is 0.229 e. The van der Waals surface area contributed by atoms with Crippen LogP contribution in [0, 0.1) is 5.92 Å². The van der Waals surface area contributed by atoms with Gasteiger partial charge in [-0.05, 0) is 37.0 Å². The van der Waals surface area contributed by atoms with E-state index in [2.05, 4.69) is 5.32 Å². The molecule has 0 aliphatic heterocycles. The van der Waals surface area contributed by atoms with Crippen molar-refractivity contribution < 1.29 is 9.90 Å². The van der Waals surface area contributed by atoms with E-state index in [4.69, 9.17) is 10.8 Å². The number of rotatable bonds is 4. The van der Waals surface area contributed by atoms with Crippen molar-refractivity contribution in [2.45, 2.75) is 44.6 Å². The molecule has 2 unspecified atom stereocenters. The van der Waals surface area contributed by atoms with Gasteiger partial charge in [-0.1, -0.05) is 31.4 Å². The van der Waals surface area contributed by atoms with Gasteiger partial charge >= 0.3 is 0 Å². The zero-order valence-corrected chi connectivity index (χ0v) is 11.8. The Hall–Kier alpha value is -1.39. The third-order valence-electron chi connectivity index (χ3n) is 4.03. The summed E-state index contributed by atoms with van der Waals surface area (Å²) in [6, 6.07) is 7.60. The van der Waals surface area contributed by atoms with Crippen LogP contribution in [0.25, 0.3) is 0 Å². The SMILES string of the molecule is NC1CCCCCC1C(=O)Nc1ccc(CCO)cc1. The molecule has 0 bridgehead atoms. The van der Waals surface area contributed by atoms with Gasteiger partial charge in [0.05, 0.1) is 5.92 Å². The summed E-state index contributed by atoms with van der Waals surface area (Å²) in [5.74, 6) is -0.0380. The van der Waals surface area contributed by atoms with Crippen LogP contribution in [0.15, 0.2) is 24.3 Å². The molecule has 2 rings (SSSR count). The first-order valence-electron chi connectivity index (χ1n) is 7.47. The van der Waals surface area contributed by atoms with Crippen molar-refractivity contribution in [1.29, 1.82) is 0 Å². The summed E-state index contributed by atoms with van der Waals surface area (Å²) >= 11 is 0. The number of nitrogens with one attached hydrogen (secondary N) is 1. The summed E-state index contributed by atoms with van der Waals surface area (Å²) < 4.78 is 0. The highest BCUT2D eigenvalue weighted by Gasteiger charge is 2.26. The number of anilines is 1. The molecular formula is C16H24N2O2. The average molecular weight is 276 g/mol. The van der Waals surface area contributed by atoms with Crippen LogP contribution in [0.1, 0.15) is 37.7 Å². The van der Waals surface area contributed by atoms with Crippen LogP contribution >= 0.6 is 0 Å². The number of nitrogens with two attached hydrogens (primary N) is 1. The molecule has 20 heavy (non-hydrogen) atoms. The molecule has 0 spiro atoms. The van der Waals surface area contributed by atoms with E-state index in [0.717, 1.165) is 36.9 Å². The highest BCUT2D eigenvalue weighted by molar-refractivity contribution is 5.93. The predicted molar refractivity (Wildman–Crippen MR) is 80.4 cm³/mol. The molecule has 1 aliphatic carbocycles. The Labute approximate surface area is 120 Å². The van der Waals surface area contributed by atoms with E-state index in [1.165, 1.54) is 6.42 Å². The molecule has 4 N–H and O–H groups in total. The molecule has 0 heterocycles. The second kappa shape index (κ2) is 7.41. The van der Waals surface area contributed by atoms with Gasteiger partial charge in [-0.15, -0.1) is 0 Å². The van der Waals surface area contributed by atoms with Crippen molar-refractivity contribution in [2.24, 2.45) is 11.7 Å². The van der Waals surface area contributed by atoms with Gasteiger partial charge in [0, 0.05) is 18.3 Å². The van der Waals surface area contributed by atoms with Crippen molar-refractivity contribution >= 4 is 11.6 Å². The fraction of sp³-hybridized carbons (Fsp3) is 0.562. The van der Waals surface area contributed by atoms with E-state index in [9.17, 15) is 4.79 Å². The van der Waals surface area contributed by atoms with E-state index in [1.807, 2.05) is 24.3 Å². The number of aliphatic hydroxyl groups is 1. The average Bonchev–Trinajstić information content (AvgIpc) is 2.66.